The van der Waals surface area contributed by atoms with Crippen LogP contribution in [0.3, 0.4) is 0 Å². The summed E-state index contributed by atoms with van der Waals surface area (Å²) in [5, 5.41) is 41.4. The molecule has 0 spiro atoms. The van der Waals surface area contributed by atoms with Gasteiger partial charge in [0.15, 0.2) is 5.96 Å². The minimum absolute atomic E-state index is 0.0326. The second-order valence-corrected chi connectivity index (χ2v) is 12.9. The molecule has 13 N–H and O–H groups in total. The maximum absolute atomic E-state index is 13.5. The fourth-order valence-corrected chi connectivity index (χ4v) is 5.61. The lowest BCUT2D eigenvalue weighted by atomic mass is 10.00. The average molecular weight is 747 g/mol. The molecule has 292 valence electrons. The van der Waals surface area contributed by atoms with Crippen LogP contribution in [0.15, 0.2) is 24.3 Å². The minimum Gasteiger partial charge on any atom is -0.508 e. The van der Waals surface area contributed by atoms with Crippen LogP contribution in [0.1, 0.15) is 58.4 Å². The van der Waals surface area contributed by atoms with E-state index in [1.807, 2.05) is 0 Å². The molecule has 1 heterocycles. The molecule has 20 heteroatoms. The van der Waals surface area contributed by atoms with E-state index in [4.69, 9.17) is 16.9 Å². The third-order valence-electron chi connectivity index (χ3n) is 8.20. The zero-order valence-corrected chi connectivity index (χ0v) is 29.9. The molecule has 53 heavy (non-hydrogen) atoms. The van der Waals surface area contributed by atoms with Crippen molar-refractivity contribution in [2.24, 2.45) is 17.4 Å². The highest BCUT2D eigenvalue weighted by Gasteiger charge is 2.39. The number of hydrogen-bond donors (Lipinski definition) is 11. The Labute approximate surface area is 306 Å². The predicted octanol–water partition coefficient (Wildman–Crippen LogP) is -3.12. The zero-order chi connectivity index (χ0) is 39.8. The van der Waals surface area contributed by atoms with Gasteiger partial charge in [-0.2, -0.15) is 0 Å². The topological polar surface area (TPSA) is 328 Å². The van der Waals surface area contributed by atoms with Gasteiger partial charge in [-0.3, -0.25) is 43.8 Å². The average Bonchev–Trinajstić information content (AvgIpc) is 3.57. The number of nitrogens with zero attached hydrogens (tertiary/aromatic N) is 1. The number of rotatable bonds is 20. The molecule has 0 radical (unpaired) electrons. The first-order valence-corrected chi connectivity index (χ1v) is 17.0. The number of carboxylic acid groups (broad SMARTS) is 1. The number of nitrogens with two attached hydrogens (primary N) is 2. The van der Waals surface area contributed by atoms with E-state index < -0.39 is 96.4 Å². The molecular weight excluding hydrogens is 696 g/mol. The smallest absolute Gasteiger partial charge is 0.305 e. The monoisotopic (exact) mass is 746 g/mol. The van der Waals surface area contributed by atoms with Crippen molar-refractivity contribution in [3.63, 3.8) is 0 Å². The van der Waals surface area contributed by atoms with Gasteiger partial charge in [-0.25, -0.2) is 0 Å². The highest BCUT2D eigenvalue weighted by molar-refractivity contribution is 5.98. The summed E-state index contributed by atoms with van der Waals surface area (Å²) in [7, 11) is 0. The van der Waals surface area contributed by atoms with E-state index in [1.54, 1.807) is 13.8 Å². The molecule has 2 rings (SSSR count). The highest BCUT2D eigenvalue weighted by Crippen LogP contribution is 2.20. The van der Waals surface area contributed by atoms with Gasteiger partial charge in [0.05, 0.1) is 13.0 Å². The molecule has 1 aromatic carbocycles. The fourth-order valence-electron chi connectivity index (χ4n) is 5.61. The molecule has 1 aromatic rings. The molecule has 0 saturated carbocycles. The number of primary amides is 1. The van der Waals surface area contributed by atoms with E-state index in [-0.39, 0.29) is 44.1 Å². The van der Waals surface area contributed by atoms with Crippen LogP contribution in [0, 0.1) is 11.3 Å². The quantitative estimate of drug-likeness (QED) is 0.0359. The second kappa shape index (κ2) is 20.8. The van der Waals surface area contributed by atoms with Gasteiger partial charge in [0.25, 0.3) is 0 Å². The fraction of sp³-hybridized carbons (Fsp3) is 0.545. The maximum atomic E-state index is 13.5. The summed E-state index contributed by atoms with van der Waals surface area (Å²) < 4.78 is 0. The van der Waals surface area contributed by atoms with Crippen molar-refractivity contribution < 1.29 is 48.6 Å². The molecule has 0 unspecified atom stereocenters. The minimum atomic E-state index is -1.68. The van der Waals surface area contributed by atoms with E-state index in [2.05, 4.69) is 31.9 Å². The summed E-state index contributed by atoms with van der Waals surface area (Å²) in [6.45, 7) is 4.30. The molecule has 0 aliphatic carbocycles. The Morgan fingerprint density at radius 3 is 2.11 bits per heavy atom. The largest absolute Gasteiger partial charge is 0.508 e. The van der Waals surface area contributed by atoms with Crippen LogP contribution in [-0.4, -0.2) is 118 Å². The number of nitrogens with one attached hydrogen (secondary N) is 7. The van der Waals surface area contributed by atoms with Gasteiger partial charge in [0, 0.05) is 26.4 Å². The number of phenolic OH excluding ortho intramolecular Hbond substituents is 1. The van der Waals surface area contributed by atoms with E-state index >= 15 is 0 Å². The van der Waals surface area contributed by atoms with Crippen LogP contribution in [0.4, 0.5) is 0 Å². The first-order valence-electron chi connectivity index (χ1n) is 17.0. The van der Waals surface area contributed by atoms with Gasteiger partial charge >= 0.3 is 5.97 Å². The number of aliphatic carboxylic acids is 1. The summed E-state index contributed by atoms with van der Waals surface area (Å²) in [5.41, 5.74) is 11.0. The molecule has 1 aliphatic rings. The SMILES string of the molecule is CC(=O)N[C@@H](CCCNC(=N)N)C(=O)N1CCC[C@H]1C(=O)N[C@@H](CC(=O)O)C(=O)N[C@H](C(=O)N[C@@H](Cc1ccc(O)cc1)C(=O)NCC(N)=O)C(C)C. The first-order chi connectivity index (χ1) is 24.9. The van der Waals surface area contributed by atoms with Crippen LogP contribution >= 0.6 is 0 Å². The molecule has 20 nitrogen and oxygen atoms in total. The number of carbonyl (C=O) groups is 8. The Morgan fingerprint density at radius 2 is 1.55 bits per heavy atom. The number of carboxylic acids is 1. The number of amides is 7. The Bertz CT molecular complexity index is 1520. The number of likely N-dealkylation sites (tertiary alicyclic amines) is 1. The van der Waals surface area contributed by atoms with Gasteiger partial charge in [0.2, 0.25) is 41.4 Å². The summed E-state index contributed by atoms with van der Waals surface area (Å²) in [6.07, 6.45) is 0.154. The Kier molecular flexibility index (Phi) is 17.0. The van der Waals surface area contributed by atoms with Crippen LogP contribution in [0.25, 0.3) is 0 Å². The third kappa shape index (κ3) is 14.7. The molecular formula is C33H50N10O10. The van der Waals surface area contributed by atoms with E-state index in [0.29, 0.717) is 18.4 Å². The van der Waals surface area contributed by atoms with Crippen molar-refractivity contribution >= 4 is 53.3 Å². The van der Waals surface area contributed by atoms with Crippen molar-refractivity contribution in [1.82, 2.24) is 36.8 Å². The van der Waals surface area contributed by atoms with Crippen molar-refractivity contribution in [3.8, 4) is 5.75 Å². The van der Waals surface area contributed by atoms with Gasteiger partial charge in [-0.15, -0.1) is 0 Å². The Morgan fingerprint density at radius 1 is 0.887 bits per heavy atom. The number of phenols is 1. The van der Waals surface area contributed by atoms with Gasteiger partial charge in [-0.05, 0) is 49.3 Å². The van der Waals surface area contributed by atoms with Crippen molar-refractivity contribution in [2.75, 3.05) is 19.6 Å². The molecule has 1 saturated heterocycles. The summed E-state index contributed by atoms with van der Waals surface area (Å²) in [6, 6.07) is -0.588. The Hall–Kier alpha value is -5.95. The molecule has 1 aliphatic heterocycles. The molecule has 0 bridgehead atoms. The second-order valence-electron chi connectivity index (χ2n) is 12.9. The van der Waals surface area contributed by atoms with Crippen molar-refractivity contribution in [2.45, 2.75) is 89.5 Å². The highest BCUT2D eigenvalue weighted by atomic mass is 16.4. The number of carbonyl (C=O) groups excluding carboxylic acids is 7. The van der Waals surface area contributed by atoms with Crippen LogP contribution in [-0.2, 0) is 44.8 Å². The van der Waals surface area contributed by atoms with Crippen LogP contribution in [0.5, 0.6) is 5.75 Å². The van der Waals surface area contributed by atoms with Crippen LogP contribution in [0.2, 0.25) is 0 Å². The van der Waals surface area contributed by atoms with E-state index in [0.717, 1.165) is 0 Å². The summed E-state index contributed by atoms with van der Waals surface area (Å²) >= 11 is 0. The predicted molar refractivity (Wildman–Crippen MR) is 188 cm³/mol. The van der Waals surface area contributed by atoms with Gasteiger partial charge in [0.1, 0.15) is 36.0 Å². The lowest BCUT2D eigenvalue weighted by Gasteiger charge is -2.30. The normalized spacial score (nSPS) is 15.9. The van der Waals surface area contributed by atoms with E-state index in [9.17, 15) is 48.6 Å². The number of hydrogen-bond acceptors (Lipinski definition) is 10. The Balaban J connectivity index is 2.22. The van der Waals surface area contributed by atoms with Crippen molar-refractivity contribution in [3.05, 3.63) is 29.8 Å². The number of guanidine groups is 1. The maximum Gasteiger partial charge on any atom is 0.305 e. The number of benzene rings is 1. The zero-order valence-electron chi connectivity index (χ0n) is 29.9. The molecule has 1 fully saturated rings. The van der Waals surface area contributed by atoms with Gasteiger partial charge < -0.3 is 58.5 Å². The lowest BCUT2D eigenvalue weighted by molar-refractivity contribution is -0.144. The first kappa shape index (κ1) is 43.2. The molecule has 0 aromatic heterocycles. The van der Waals surface area contributed by atoms with E-state index in [1.165, 1.54) is 36.1 Å². The number of aromatic hydroxyl groups is 1. The molecule has 7 amide bonds. The summed E-state index contributed by atoms with van der Waals surface area (Å²) in [5.74, 6) is -7.65. The molecule has 5 atom stereocenters. The van der Waals surface area contributed by atoms with Crippen LogP contribution < -0.4 is 43.4 Å². The van der Waals surface area contributed by atoms with Gasteiger partial charge in [-0.1, -0.05) is 26.0 Å². The standard InChI is InChI=1S/C33H50N10O10/c1-17(2)27(31(52)41-22(28(49)38-16-25(34)46)14-19-8-10-20(45)11-9-19)42-29(50)23(15-26(47)48)40-30(51)24-7-5-13-43(24)32(53)21(39-18(3)44)6-4-12-37-33(35)36/h8-11,17,21-24,27,45H,4-7,12-16H2,1-3H3,(H2,34,46)(H,38,49)(H,39,44)(H,40,51)(H,41,52)(H,42,50)(H,47,48)(H4,35,36,37)/t21-,22-,23-,24-,27-/m0/s1. The third-order valence-corrected chi connectivity index (χ3v) is 8.20. The summed E-state index contributed by atoms with van der Waals surface area (Å²) in [4.78, 5) is 103. The lowest BCUT2D eigenvalue weighted by Crippen LogP contribution is -2.60. The van der Waals surface area contributed by atoms with Crippen molar-refractivity contribution in [1.29, 1.82) is 5.41 Å².